The largest absolute Gasteiger partial charge is 0.299 e. The van der Waals surface area contributed by atoms with Gasteiger partial charge in [0.1, 0.15) is 6.04 Å². The molecule has 0 spiro atoms. The normalized spacial score (nSPS) is 12.8. The number of nitrogens with zero attached hydrogens (tertiary/aromatic N) is 3. The summed E-state index contributed by atoms with van der Waals surface area (Å²) in [5.74, 6) is 0.974. The fourth-order valence-electron chi connectivity index (χ4n) is 2.65. The lowest BCUT2D eigenvalue weighted by molar-refractivity contribution is -0.116. The summed E-state index contributed by atoms with van der Waals surface area (Å²) in [6.45, 7) is 9.57. The summed E-state index contributed by atoms with van der Waals surface area (Å²) in [6.07, 6.45) is 1.10. The Kier molecular flexibility index (Phi) is 7.46. The lowest BCUT2D eigenvalue weighted by atomic mass is 10.1. The number of hydrogen-bond acceptors (Lipinski definition) is 7. The van der Waals surface area contributed by atoms with Crippen LogP contribution in [-0.2, 0) is 14.8 Å². The number of carbonyl (C=O) groups excluding carboxylic acids is 1. The molecule has 0 saturated carbocycles. The molecule has 1 heterocycles. The number of sulfonamides is 1. The first-order valence-corrected chi connectivity index (χ1v) is 12.5. The van der Waals surface area contributed by atoms with Crippen molar-refractivity contribution in [1.82, 2.24) is 10.2 Å². The summed E-state index contributed by atoms with van der Waals surface area (Å²) in [5.41, 5.74) is 2.31. The van der Waals surface area contributed by atoms with Gasteiger partial charge in [0.05, 0.1) is 11.9 Å². The zero-order chi connectivity index (χ0) is 21.1. The smallest absolute Gasteiger partial charge is 0.249 e. The van der Waals surface area contributed by atoms with Crippen molar-refractivity contribution in [3.05, 3.63) is 29.3 Å². The molecule has 28 heavy (non-hydrogen) atoms. The third-order valence-corrected chi connectivity index (χ3v) is 7.37. The minimum absolute atomic E-state index is 0.358. The van der Waals surface area contributed by atoms with Gasteiger partial charge in [0.25, 0.3) is 0 Å². The Bertz CT molecular complexity index is 921. The van der Waals surface area contributed by atoms with E-state index in [1.807, 2.05) is 19.9 Å². The molecule has 1 N–H and O–H groups in total. The fourth-order valence-corrected chi connectivity index (χ4v) is 5.54. The average Bonchev–Trinajstić information content (AvgIpc) is 2.98. The van der Waals surface area contributed by atoms with Crippen LogP contribution in [0.15, 0.2) is 22.5 Å². The van der Waals surface area contributed by atoms with Crippen LogP contribution in [-0.4, -0.2) is 42.6 Å². The van der Waals surface area contributed by atoms with Gasteiger partial charge in [0, 0.05) is 5.75 Å². The Labute approximate surface area is 175 Å². The Morgan fingerprint density at radius 3 is 2.32 bits per heavy atom. The van der Waals surface area contributed by atoms with Crippen molar-refractivity contribution in [2.45, 2.75) is 45.0 Å². The molecule has 0 fully saturated rings. The van der Waals surface area contributed by atoms with Crippen molar-refractivity contribution in [3.63, 3.8) is 0 Å². The number of hydrogen-bond donors (Lipinski definition) is 1. The minimum atomic E-state index is -3.67. The Hall–Kier alpha value is -1.65. The summed E-state index contributed by atoms with van der Waals surface area (Å²) in [5, 5.41) is 11.1. The van der Waals surface area contributed by atoms with Gasteiger partial charge in [-0.25, -0.2) is 8.42 Å². The number of aryl methyl sites for hydroxylation is 2. The molecule has 0 unspecified atom stereocenters. The number of benzene rings is 1. The minimum Gasteiger partial charge on any atom is -0.299 e. The van der Waals surface area contributed by atoms with Crippen molar-refractivity contribution in [3.8, 4) is 0 Å². The number of carbonyl (C=O) groups is 1. The van der Waals surface area contributed by atoms with Gasteiger partial charge in [-0.15, -0.1) is 10.2 Å². The van der Waals surface area contributed by atoms with E-state index in [0.29, 0.717) is 16.7 Å². The van der Waals surface area contributed by atoms with Crippen LogP contribution in [0, 0.1) is 19.8 Å². The third kappa shape index (κ3) is 6.18. The van der Waals surface area contributed by atoms with E-state index < -0.39 is 22.0 Å². The topological polar surface area (TPSA) is 92.3 Å². The standard InChI is InChI=1S/C18H26N4O3S3/c1-11(2)10-26-18-21-20-17(27-18)19-16(23)14(5)22(28(6,24)25)15-8-12(3)7-13(4)9-15/h7-9,11,14H,10H2,1-6H3,(H,19,20,23)/t14-/m1/s1. The molecule has 7 nitrogen and oxygen atoms in total. The van der Waals surface area contributed by atoms with Crippen molar-refractivity contribution in [1.29, 1.82) is 0 Å². The fraction of sp³-hybridized carbons (Fsp3) is 0.500. The Morgan fingerprint density at radius 2 is 1.79 bits per heavy atom. The van der Waals surface area contributed by atoms with Crippen LogP contribution in [0.3, 0.4) is 0 Å². The first kappa shape index (κ1) is 22.6. The highest BCUT2D eigenvalue weighted by Crippen LogP contribution is 2.28. The molecule has 10 heteroatoms. The lowest BCUT2D eigenvalue weighted by Crippen LogP contribution is -2.45. The van der Waals surface area contributed by atoms with E-state index >= 15 is 0 Å². The molecule has 0 saturated heterocycles. The zero-order valence-corrected chi connectivity index (χ0v) is 19.3. The molecule has 0 radical (unpaired) electrons. The van der Waals surface area contributed by atoms with Gasteiger partial charge in [-0.05, 0) is 49.9 Å². The van der Waals surface area contributed by atoms with E-state index in [4.69, 9.17) is 0 Å². The van der Waals surface area contributed by atoms with Crippen molar-refractivity contribution in [2.24, 2.45) is 5.92 Å². The molecule has 0 aliphatic heterocycles. The second-order valence-electron chi connectivity index (χ2n) is 7.15. The van der Waals surface area contributed by atoms with E-state index in [9.17, 15) is 13.2 Å². The van der Waals surface area contributed by atoms with Crippen LogP contribution < -0.4 is 9.62 Å². The van der Waals surface area contributed by atoms with Crippen molar-refractivity contribution in [2.75, 3.05) is 21.6 Å². The van der Waals surface area contributed by atoms with Gasteiger partial charge in [-0.3, -0.25) is 14.4 Å². The number of amides is 1. The van der Waals surface area contributed by atoms with Gasteiger partial charge in [-0.1, -0.05) is 43.0 Å². The molecule has 2 rings (SSSR count). The maximum absolute atomic E-state index is 12.7. The summed E-state index contributed by atoms with van der Waals surface area (Å²) in [7, 11) is -3.67. The highest BCUT2D eigenvalue weighted by Gasteiger charge is 2.30. The van der Waals surface area contributed by atoms with E-state index in [1.54, 1.807) is 30.8 Å². The molecule has 1 atom stereocenters. The van der Waals surface area contributed by atoms with Crippen LogP contribution in [0.5, 0.6) is 0 Å². The first-order chi connectivity index (χ1) is 13.0. The highest BCUT2D eigenvalue weighted by atomic mass is 32.2. The van der Waals surface area contributed by atoms with Crippen LogP contribution >= 0.6 is 23.1 Å². The second-order valence-corrected chi connectivity index (χ2v) is 11.3. The van der Waals surface area contributed by atoms with Gasteiger partial charge in [0.2, 0.25) is 21.1 Å². The maximum atomic E-state index is 12.7. The van der Waals surface area contributed by atoms with Crippen LogP contribution in [0.25, 0.3) is 0 Å². The van der Waals surface area contributed by atoms with E-state index in [1.165, 1.54) is 11.3 Å². The van der Waals surface area contributed by atoms with Gasteiger partial charge >= 0.3 is 0 Å². The summed E-state index contributed by atoms with van der Waals surface area (Å²) in [4.78, 5) is 12.7. The summed E-state index contributed by atoms with van der Waals surface area (Å²) >= 11 is 2.86. The molecule has 0 bridgehead atoms. The molecule has 1 aromatic carbocycles. The second kappa shape index (κ2) is 9.23. The SMILES string of the molecule is Cc1cc(C)cc(N([C@H](C)C(=O)Nc2nnc(SCC(C)C)s2)S(C)(=O)=O)c1. The Morgan fingerprint density at radius 1 is 1.18 bits per heavy atom. The number of aromatic nitrogens is 2. The summed E-state index contributed by atoms with van der Waals surface area (Å²) < 4.78 is 26.8. The quantitative estimate of drug-likeness (QED) is 0.495. The average molecular weight is 443 g/mol. The van der Waals surface area contributed by atoms with Gasteiger partial charge in [0.15, 0.2) is 4.34 Å². The lowest BCUT2D eigenvalue weighted by Gasteiger charge is -2.28. The molecule has 154 valence electrons. The monoisotopic (exact) mass is 442 g/mol. The van der Waals surface area contributed by atoms with Crippen LogP contribution in [0.2, 0.25) is 0 Å². The number of rotatable bonds is 8. The van der Waals surface area contributed by atoms with Crippen molar-refractivity contribution >= 4 is 49.8 Å². The number of thioether (sulfide) groups is 1. The maximum Gasteiger partial charge on any atom is 0.249 e. The zero-order valence-electron chi connectivity index (χ0n) is 16.9. The molecule has 0 aliphatic rings. The predicted octanol–water partition coefficient (Wildman–Crippen LogP) is 3.70. The molecule has 1 amide bonds. The summed E-state index contributed by atoms with van der Waals surface area (Å²) in [6, 6.07) is 4.52. The van der Waals surface area contributed by atoms with E-state index in [-0.39, 0.29) is 0 Å². The van der Waals surface area contributed by atoms with Crippen LogP contribution in [0.1, 0.15) is 31.9 Å². The van der Waals surface area contributed by atoms with Gasteiger partial charge < -0.3 is 0 Å². The third-order valence-electron chi connectivity index (χ3n) is 3.73. The number of anilines is 2. The molecule has 0 aliphatic carbocycles. The molecule has 1 aromatic heterocycles. The first-order valence-electron chi connectivity index (χ1n) is 8.82. The molecular weight excluding hydrogens is 416 g/mol. The van der Waals surface area contributed by atoms with E-state index in [0.717, 1.165) is 31.8 Å². The molecule has 2 aromatic rings. The van der Waals surface area contributed by atoms with Gasteiger partial charge in [-0.2, -0.15) is 0 Å². The molecular formula is C18H26N4O3S3. The Balaban J connectivity index is 2.20. The highest BCUT2D eigenvalue weighted by molar-refractivity contribution is 8.01. The van der Waals surface area contributed by atoms with Crippen LogP contribution in [0.4, 0.5) is 10.8 Å². The van der Waals surface area contributed by atoms with E-state index in [2.05, 4.69) is 29.4 Å². The number of nitrogens with one attached hydrogen (secondary N) is 1. The van der Waals surface area contributed by atoms with Crippen molar-refractivity contribution < 1.29 is 13.2 Å². The predicted molar refractivity (Wildman–Crippen MR) is 117 cm³/mol.